The van der Waals surface area contributed by atoms with Gasteiger partial charge in [0.05, 0.1) is 6.61 Å². The van der Waals surface area contributed by atoms with Crippen molar-refractivity contribution in [3.8, 4) is 0 Å². The van der Waals surface area contributed by atoms with E-state index >= 15 is 0 Å². The van der Waals surface area contributed by atoms with Crippen LogP contribution in [0.2, 0.25) is 0 Å². The Morgan fingerprint density at radius 2 is 2.22 bits per heavy atom. The molecular formula is C7H15NO. The molecule has 0 aromatic heterocycles. The topological polar surface area (TPSA) is 35.2 Å². The minimum absolute atomic E-state index is 0.503. The van der Waals surface area contributed by atoms with Crippen LogP contribution >= 0.6 is 0 Å². The summed E-state index contributed by atoms with van der Waals surface area (Å²) in [6, 6.07) is 0. The lowest BCUT2D eigenvalue weighted by Crippen LogP contribution is -2.13. The molecule has 1 aliphatic rings. The molecule has 0 aromatic carbocycles. The van der Waals surface area contributed by atoms with Crippen molar-refractivity contribution in [2.24, 2.45) is 11.3 Å². The minimum Gasteiger partial charge on any atom is -0.304 e. The van der Waals surface area contributed by atoms with Gasteiger partial charge in [0.15, 0.2) is 0 Å². The van der Waals surface area contributed by atoms with E-state index in [0.717, 1.165) is 6.61 Å². The molecule has 9 heavy (non-hydrogen) atoms. The van der Waals surface area contributed by atoms with E-state index in [2.05, 4.69) is 11.8 Å². The number of hydrogen-bond donors (Lipinski definition) is 1. The number of rotatable bonds is 4. The van der Waals surface area contributed by atoms with Crippen molar-refractivity contribution in [3.05, 3.63) is 0 Å². The van der Waals surface area contributed by atoms with E-state index in [-0.39, 0.29) is 0 Å². The van der Waals surface area contributed by atoms with Crippen molar-refractivity contribution in [2.75, 3.05) is 6.61 Å². The maximum atomic E-state index is 4.98. The zero-order valence-electron chi connectivity index (χ0n) is 6.02. The maximum Gasteiger partial charge on any atom is 0.0735 e. The average molecular weight is 129 g/mol. The van der Waals surface area contributed by atoms with Gasteiger partial charge < -0.3 is 4.84 Å². The Bertz CT molecular complexity index is 80.9. The molecule has 2 heteroatoms. The van der Waals surface area contributed by atoms with Gasteiger partial charge >= 0.3 is 0 Å². The quantitative estimate of drug-likeness (QED) is 0.583. The first-order valence-corrected chi connectivity index (χ1v) is 3.65. The van der Waals surface area contributed by atoms with E-state index in [1.54, 1.807) is 0 Å². The van der Waals surface area contributed by atoms with Crippen LogP contribution in [0.5, 0.6) is 0 Å². The van der Waals surface area contributed by atoms with Crippen molar-refractivity contribution in [1.29, 1.82) is 0 Å². The summed E-state index contributed by atoms with van der Waals surface area (Å²) >= 11 is 0. The van der Waals surface area contributed by atoms with Crippen LogP contribution in [-0.4, -0.2) is 6.61 Å². The van der Waals surface area contributed by atoms with Crippen LogP contribution in [0.3, 0.4) is 0 Å². The molecule has 0 amide bonds. The van der Waals surface area contributed by atoms with Crippen LogP contribution in [0.25, 0.3) is 0 Å². The van der Waals surface area contributed by atoms with Gasteiger partial charge in [-0.1, -0.05) is 13.3 Å². The summed E-state index contributed by atoms with van der Waals surface area (Å²) in [7, 11) is 0. The van der Waals surface area contributed by atoms with Crippen LogP contribution < -0.4 is 5.90 Å². The van der Waals surface area contributed by atoms with Gasteiger partial charge in [0.2, 0.25) is 0 Å². The highest BCUT2D eigenvalue weighted by molar-refractivity contribution is 4.91. The third-order valence-electron chi connectivity index (χ3n) is 2.13. The second-order valence-corrected chi connectivity index (χ2v) is 3.06. The standard InChI is InChI=1S/C7H15NO/c1-2-3-7(4-5-7)6-9-8/h2-6,8H2,1H3. The summed E-state index contributed by atoms with van der Waals surface area (Å²) in [5.41, 5.74) is 0.503. The van der Waals surface area contributed by atoms with Gasteiger partial charge in [-0.05, 0) is 24.7 Å². The van der Waals surface area contributed by atoms with Crippen LogP contribution in [0.4, 0.5) is 0 Å². The molecule has 0 heterocycles. The zero-order valence-corrected chi connectivity index (χ0v) is 6.02. The van der Waals surface area contributed by atoms with Crippen LogP contribution in [0.15, 0.2) is 0 Å². The third-order valence-corrected chi connectivity index (χ3v) is 2.13. The van der Waals surface area contributed by atoms with Crippen molar-refractivity contribution in [1.82, 2.24) is 0 Å². The lowest BCUT2D eigenvalue weighted by Gasteiger charge is -2.10. The Hall–Kier alpha value is -0.0800. The summed E-state index contributed by atoms with van der Waals surface area (Å²) in [4.78, 5) is 4.62. The van der Waals surface area contributed by atoms with E-state index in [4.69, 9.17) is 5.90 Å². The normalized spacial score (nSPS) is 22.0. The molecule has 0 radical (unpaired) electrons. The lowest BCUT2D eigenvalue weighted by molar-refractivity contribution is 0.0878. The average Bonchev–Trinajstić information content (AvgIpc) is 2.51. The molecular weight excluding hydrogens is 114 g/mol. The Morgan fingerprint density at radius 1 is 1.56 bits per heavy atom. The highest BCUT2D eigenvalue weighted by Crippen LogP contribution is 2.49. The predicted octanol–water partition coefficient (Wildman–Crippen LogP) is 1.46. The SMILES string of the molecule is CCCC1(CON)CC1. The highest BCUT2D eigenvalue weighted by Gasteiger charge is 2.41. The Balaban J connectivity index is 2.17. The van der Waals surface area contributed by atoms with Gasteiger partial charge in [-0.3, -0.25) is 0 Å². The van der Waals surface area contributed by atoms with Gasteiger partial charge in [-0.2, -0.15) is 0 Å². The van der Waals surface area contributed by atoms with Gasteiger partial charge in [-0.25, -0.2) is 5.90 Å². The molecule has 0 saturated heterocycles. The Kier molecular flexibility index (Phi) is 2.09. The molecule has 1 fully saturated rings. The maximum absolute atomic E-state index is 4.98. The monoisotopic (exact) mass is 129 g/mol. The first-order chi connectivity index (χ1) is 4.33. The fourth-order valence-electron chi connectivity index (χ4n) is 1.35. The van der Waals surface area contributed by atoms with Gasteiger partial charge in [0.1, 0.15) is 0 Å². The summed E-state index contributed by atoms with van der Waals surface area (Å²) in [5.74, 6) is 4.98. The predicted molar refractivity (Wildman–Crippen MR) is 36.7 cm³/mol. The van der Waals surface area contributed by atoms with Crippen molar-refractivity contribution in [3.63, 3.8) is 0 Å². The summed E-state index contributed by atoms with van der Waals surface area (Å²) in [6.07, 6.45) is 5.17. The Morgan fingerprint density at radius 3 is 2.56 bits per heavy atom. The molecule has 0 spiro atoms. The van der Waals surface area contributed by atoms with Crippen LogP contribution in [0, 0.1) is 5.41 Å². The fraction of sp³-hybridized carbons (Fsp3) is 1.00. The Labute approximate surface area is 56.3 Å². The van der Waals surface area contributed by atoms with Crippen LogP contribution in [-0.2, 0) is 4.84 Å². The second kappa shape index (κ2) is 2.67. The fourth-order valence-corrected chi connectivity index (χ4v) is 1.35. The molecule has 0 aromatic rings. The van der Waals surface area contributed by atoms with Crippen molar-refractivity contribution < 1.29 is 4.84 Å². The molecule has 1 aliphatic carbocycles. The van der Waals surface area contributed by atoms with E-state index in [1.165, 1.54) is 25.7 Å². The van der Waals surface area contributed by atoms with Crippen LogP contribution in [0.1, 0.15) is 32.6 Å². The van der Waals surface area contributed by atoms with E-state index in [9.17, 15) is 0 Å². The minimum atomic E-state index is 0.503. The molecule has 0 atom stereocenters. The molecule has 0 aliphatic heterocycles. The molecule has 0 bridgehead atoms. The molecule has 54 valence electrons. The first kappa shape index (κ1) is 7.03. The zero-order chi connectivity index (χ0) is 6.74. The van der Waals surface area contributed by atoms with E-state index < -0.39 is 0 Å². The van der Waals surface area contributed by atoms with Gasteiger partial charge in [0, 0.05) is 0 Å². The lowest BCUT2D eigenvalue weighted by atomic mass is 10.0. The first-order valence-electron chi connectivity index (χ1n) is 3.65. The largest absolute Gasteiger partial charge is 0.304 e. The summed E-state index contributed by atoms with van der Waals surface area (Å²) in [6.45, 7) is 2.97. The van der Waals surface area contributed by atoms with Gasteiger partial charge in [-0.15, -0.1) is 0 Å². The smallest absolute Gasteiger partial charge is 0.0735 e. The van der Waals surface area contributed by atoms with Gasteiger partial charge in [0.25, 0.3) is 0 Å². The third kappa shape index (κ3) is 1.66. The molecule has 0 unspecified atom stereocenters. The second-order valence-electron chi connectivity index (χ2n) is 3.06. The van der Waals surface area contributed by atoms with E-state index in [1.807, 2.05) is 0 Å². The number of nitrogens with two attached hydrogens (primary N) is 1. The number of hydrogen-bond acceptors (Lipinski definition) is 2. The molecule has 2 N–H and O–H groups in total. The molecule has 1 rings (SSSR count). The summed E-state index contributed by atoms with van der Waals surface area (Å²) in [5, 5.41) is 0. The van der Waals surface area contributed by atoms with Crippen molar-refractivity contribution in [2.45, 2.75) is 32.6 Å². The highest BCUT2D eigenvalue weighted by atomic mass is 16.6. The summed E-state index contributed by atoms with van der Waals surface area (Å²) < 4.78 is 0. The van der Waals surface area contributed by atoms with E-state index in [0.29, 0.717) is 5.41 Å². The molecule has 1 saturated carbocycles. The van der Waals surface area contributed by atoms with Crippen molar-refractivity contribution >= 4 is 0 Å². The molecule has 2 nitrogen and oxygen atoms in total.